The highest BCUT2D eigenvalue weighted by molar-refractivity contribution is 5.76. The van der Waals surface area contributed by atoms with E-state index in [1.54, 1.807) is 0 Å². The Hall–Kier alpha value is -1.39. The molecule has 1 aromatic rings. The summed E-state index contributed by atoms with van der Waals surface area (Å²) in [7, 11) is 0. The van der Waals surface area contributed by atoms with Crippen molar-refractivity contribution in [2.75, 3.05) is 13.2 Å². The molecule has 1 unspecified atom stereocenters. The van der Waals surface area contributed by atoms with Gasteiger partial charge in [-0.15, -0.1) is 0 Å². The maximum atomic E-state index is 11.9. The minimum absolute atomic E-state index is 0.0293. The Morgan fingerprint density at radius 2 is 2.21 bits per heavy atom. The Morgan fingerprint density at radius 3 is 2.84 bits per heavy atom. The summed E-state index contributed by atoms with van der Waals surface area (Å²) in [5.74, 6) is -0.0293. The van der Waals surface area contributed by atoms with Gasteiger partial charge in [-0.25, -0.2) is 0 Å². The molecule has 1 aliphatic rings. The molecule has 1 aromatic carbocycles. The summed E-state index contributed by atoms with van der Waals surface area (Å²) in [6.07, 6.45) is 3.59. The zero-order chi connectivity index (χ0) is 13.5. The van der Waals surface area contributed by atoms with Crippen LogP contribution in [0.1, 0.15) is 37.3 Å². The van der Waals surface area contributed by atoms with Crippen LogP contribution in [-0.4, -0.2) is 30.3 Å². The lowest BCUT2D eigenvalue weighted by molar-refractivity contribution is -0.122. The fourth-order valence-corrected chi connectivity index (χ4v) is 2.35. The van der Waals surface area contributed by atoms with Gasteiger partial charge in [0.15, 0.2) is 0 Å². The number of rotatable bonds is 6. The largest absolute Gasteiger partial charge is 0.394 e. The Labute approximate surface area is 113 Å². The van der Waals surface area contributed by atoms with Gasteiger partial charge < -0.3 is 15.2 Å². The normalized spacial score (nSPS) is 20.2. The van der Waals surface area contributed by atoms with Crippen molar-refractivity contribution in [3.8, 4) is 0 Å². The van der Waals surface area contributed by atoms with E-state index < -0.39 is 0 Å². The van der Waals surface area contributed by atoms with E-state index >= 15 is 0 Å². The number of hydrogen-bond donors (Lipinski definition) is 2. The van der Waals surface area contributed by atoms with E-state index in [0.29, 0.717) is 6.42 Å². The number of carbonyl (C=O) groups excluding carboxylic acids is 1. The second-order valence-corrected chi connectivity index (χ2v) is 4.89. The third-order valence-corrected chi connectivity index (χ3v) is 3.44. The van der Waals surface area contributed by atoms with Crippen molar-refractivity contribution in [3.63, 3.8) is 0 Å². The van der Waals surface area contributed by atoms with E-state index in [1.165, 1.54) is 0 Å². The molecule has 0 radical (unpaired) electrons. The monoisotopic (exact) mass is 263 g/mol. The quantitative estimate of drug-likeness (QED) is 0.822. The van der Waals surface area contributed by atoms with E-state index in [-0.39, 0.29) is 24.7 Å². The minimum atomic E-state index is -0.321. The molecule has 2 atom stereocenters. The van der Waals surface area contributed by atoms with E-state index in [2.05, 4.69) is 5.32 Å². The average Bonchev–Trinajstić information content (AvgIpc) is 2.97. The lowest BCUT2D eigenvalue weighted by Gasteiger charge is -2.17. The van der Waals surface area contributed by atoms with E-state index in [4.69, 9.17) is 4.74 Å². The molecule has 1 heterocycles. The Kier molecular flexibility index (Phi) is 5.36. The van der Waals surface area contributed by atoms with Gasteiger partial charge in [-0.05, 0) is 24.8 Å². The van der Waals surface area contributed by atoms with Crippen molar-refractivity contribution in [2.45, 2.75) is 37.8 Å². The topological polar surface area (TPSA) is 58.6 Å². The Morgan fingerprint density at radius 1 is 1.42 bits per heavy atom. The van der Waals surface area contributed by atoms with Gasteiger partial charge in [0.25, 0.3) is 0 Å². The van der Waals surface area contributed by atoms with Crippen LogP contribution in [0.5, 0.6) is 0 Å². The van der Waals surface area contributed by atoms with Gasteiger partial charge in [-0.1, -0.05) is 30.3 Å². The van der Waals surface area contributed by atoms with Crippen LogP contribution in [0.25, 0.3) is 0 Å². The average molecular weight is 263 g/mol. The lowest BCUT2D eigenvalue weighted by atomic mass is 10.1. The molecule has 0 bridgehead atoms. The number of nitrogens with one attached hydrogen (secondary N) is 1. The summed E-state index contributed by atoms with van der Waals surface area (Å²) >= 11 is 0. The zero-order valence-corrected chi connectivity index (χ0v) is 11.0. The number of ether oxygens (including phenoxy) is 1. The summed E-state index contributed by atoms with van der Waals surface area (Å²) in [6.45, 7) is 0.727. The molecule has 0 aliphatic carbocycles. The molecule has 1 fully saturated rings. The van der Waals surface area contributed by atoms with Crippen molar-refractivity contribution in [2.24, 2.45) is 0 Å². The van der Waals surface area contributed by atoms with Crippen LogP contribution in [0, 0.1) is 0 Å². The first-order valence-electron chi connectivity index (χ1n) is 6.86. The first-order valence-corrected chi connectivity index (χ1v) is 6.86. The van der Waals surface area contributed by atoms with Crippen LogP contribution in [0.3, 0.4) is 0 Å². The Balaban J connectivity index is 1.79. The number of amides is 1. The van der Waals surface area contributed by atoms with Crippen LogP contribution < -0.4 is 5.32 Å². The SMILES string of the molecule is O=C(CCC1CCCO1)N[C@@H](CO)c1ccccc1. The van der Waals surface area contributed by atoms with E-state index in [0.717, 1.165) is 31.4 Å². The van der Waals surface area contributed by atoms with Gasteiger partial charge in [-0.2, -0.15) is 0 Å². The predicted molar refractivity (Wildman–Crippen MR) is 72.6 cm³/mol. The molecule has 104 valence electrons. The van der Waals surface area contributed by atoms with Crippen LogP contribution in [0.2, 0.25) is 0 Å². The molecule has 1 saturated heterocycles. The molecular weight excluding hydrogens is 242 g/mol. The summed E-state index contributed by atoms with van der Waals surface area (Å²) in [6, 6.07) is 9.20. The van der Waals surface area contributed by atoms with E-state index in [9.17, 15) is 9.90 Å². The summed E-state index contributed by atoms with van der Waals surface area (Å²) < 4.78 is 5.49. The molecule has 2 N–H and O–H groups in total. The molecule has 2 rings (SSSR count). The molecule has 0 spiro atoms. The zero-order valence-electron chi connectivity index (χ0n) is 11.0. The van der Waals surface area contributed by atoms with Crippen molar-refractivity contribution in [1.29, 1.82) is 0 Å². The second-order valence-electron chi connectivity index (χ2n) is 4.89. The summed E-state index contributed by atoms with van der Waals surface area (Å²) in [5, 5.41) is 12.2. The summed E-state index contributed by atoms with van der Waals surface area (Å²) in [5.41, 5.74) is 0.926. The standard InChI is InChI=1S/C15H21NO3/c17-11-14(12-5-2-1-3-6-12)16-15(18)9-8-13-7-4-10-19-13/h1-3,5-6,13-14,17H,4,7-11H2,(H,16,18)/t13?,14-/m0/s1. The third-order valence-electron chi connectivity index (χ3n) is 3.44. The van der Waals surface area contributed by atoms with Crippen LogP contribution in [0.15, 0.2) is 30.3 Å². The predicted octanol–water partition coefficient (Wildman–Crippen LogP) is 1.80. The molecule has 19 heavy (non-hydrogen) atoms. The molecule has 0 aromatic heterocycles. The molecular formula is C15H21NO3. The van der Waals surface area contributed by atoms with Gasteiger partial charge in [0.1, 0.15) is 0 Å². The van der Waals surface area contributed by atoms with Crippen LogP contribution >= 0.6 is 0 Å². The third kappa shape index (κ3) is 4.33. The highest BCUT2D eigenvalue weighted by atomic mass is 16.5. The highest BCUT2D eigenvalue weighted by Crippen LogP contribution is 2.17. The molecule has 1 aliphatic heterocycles. The van der Waals surface area contributed by atoms with E-state index in [1.807, 2.05) is 30.3 Å². The first kappa shape index (κ1) is 14.0. The maximum Gasteiger partial charge on any atom is 0.220 e. The van der Waals surface area contributed by atoms with Crippen molar-refractivity contribution < 1.29 is 14.6 Å². The smallest absolute Gasteiger partial charge is 0.220 e. The van der Waals surface area contributed by atoms with Gasteiger partial charge in [0.2, 0.25) is 5.91 Å². The van der Waals surface area contributed by atoms with Crippen molar-refractivity contribution in [1.82, 2.24) is 5.32 Å². The van der Waals surface area contributed by atoms with Gasteiger partial charge >= 0.3 is 0 Å². The van der Waals surface area contributed by atoms with Crippen molar-refractivity contribution >= 4 is 5.91 Å². The van der Waals surface area contributed by atoms with Gasteiger partial charge in [-0.3, -0.25) is 4.79 Å². The number of hydrogen-bond acceptors (Lipinski definition) is 3. The summed E-state index contributed by atoms with van der Waals surface area (Å²) in [4.78, 5) is 11.9. The number of benzene rings is 1. The second kappa shape index (κ2) is 7.26. The minimum Gasteiger partial charge on any atom is -0.394 e. The highest BCUT2D eigenvalue weighted by Gasteiger charge is 2.18. The number of carbonyl (C=O) groups is 1. The molecule has 4 heteroatoms. The van der Waals surface area contributed by atoms with Crippen LogP contribution in [-0.2, 0) is 9.53 Å². The van der Waals surface area contributed by atoms with Crippen LogP contribution in [0.4, 0.5) is 0 Å². The fourth-order valence-electron chi connectivity index (χ4n) is 2.35. The lowest BCUT2D eigenvalue weighted by Crippen LogP contribution is -2.31. The molecule has 0 saturated carbocycles. The number of aliphatic hydroxyl groups excluding tert-OH is 1. The van der Waals surface area contributed by atoms with Crippen molar-refractivity contribution in [3.05, 3.63) is 35.9 Å². The molecule has 4 nitrogen and oxygen atoms in total. The fraction of sp³-hybridized carbons (Fsp3) is 0.533. The van der Waals surface area contributed by atoms with Gasteiger partial charge in [0.05, 0.1) is 18.8 Å². The Bertz CT molecular complexity index is 388. The first-order chi connectivity index (χ1) is 9.29. The number of aliphatic hydroxyl groups is 1. The van der Waals surface area contributed by atoms with Gasteiger partial charge in [0, 0.05) is 13.0 Å². The molecule has 1 amide bonds. The maximum absolute atomic E-state index is 11.9.